The number of hydrogen-bond acceptors (Lipinski definition) is 5. The summed E-state index contributed by atoms with van der Waals surface area (Å²) in [6, 6.07) is 11.2. The summed E-state index contributed by atoms with van der Waals surface area (Å²) in [5.74, 6) is -3.83. The molecule has 0 fully saturated rings. The van der Waals surface area contributed by atoms with Crippen LogP contribution in [0.3, 0.4) is 0 Å². The van der Waals surface area contributed by atoms with Crippen LogP contribution in [0, 0.1) is 0 Å². The van der Waals surface area contributed by atoms with Gasteiger partial charge in [0.15, 0.2) is 0 Å². The number of rotatable bonds is 6. The van der Waals surface area contributed by atoms with Crippen LogP contribution in [0.1, 0.15) is 6.42 Å². The zero-order valence-electron chi connectivity index (χ0n) is 14.9. The topological polar surface area (TPSA) is 80.8 Å². The molecule has 0 unspecified atom stereocenters. The average molecular weight is 450 g/mol. The highest BCUT2D eigenvalue weighted by molar-refractivity contribution is 8.13. The fourth-order valence-electron chi connectivity index (χ4n) is 2.57. The molecule has 0 saturated carbocycles. The van der Waals surface area contributed by atoms with Crippen LogP contribution < -0.4 is 4.90 Å². The molecular formula is C18H15ClF3NO5S. The van der Waals surface area contributed by atoms with Gasteiger partial charge in [-0.1, -0.05) is 42.5 Å². The Morgan fingerprint density at radius 1 is 1.07 bits per heavy atom. The Bertz CT molecular complexity index is 1010. The molecule has 0 spiro atoms. The largest absolute Gasteiger partial charge is 0.472 e. The van der Waals surface area contributed by atoms with Crippen molar-refractivity contribution in [3.05, 3.63) is 48.5 Å². The molecule has 2 aromatic carbocycles. The minimum Gasteiger partial charge on any atom is -0.384 e. The molecule has 156 valence electrons. The first-order valence-corrected chi connectivity index (χ1v) is 10.4. The molecule has 2 aromatic rings. The molecule has 6 nitrogen and oxygen atoms in total. The average Bonchev–Trinajstić information content (AvgIpc) is 2.65. The molecule has 0 atom stereocenters. The van der Waals surface area contributed by atoms with Crippen LogP contribution in [0.25, 0.3) is 11.1 Å². The third-order valence-electron chi connectivity index (χ3n) is 3.79. The van der Waals surface area contributed by atoms with E-state index in [2.05, 4.69) is 0 Å². The van der Waals surface area contributed by atoms with E-state index in [4.69, 9.17) is 15.4 Å². The third-order valence-corrected chi connectivity index (χ3v) is 5.14. The van der Waals surface area contributed by atoms with E-state index in [0.29, 0.717) is 0 Å². The second kappa shape index (κ2) is 8.93. The Morgan fingerprint density at radius 2 is 1.69 bits per heavy atom. The maximum atomic E-state index is 13.3. The Labute approximate surface area is 169 Å². The minimum atomic E-state index is -5.44. The van der Waals surface area contributed by atoms with Gasteiger partial charge >= 0.3 is 12.1 Å². The zero-order chi connectivity index (χ0) is 21.8. The lowest BCUT2D eigenvalue weighted by Crippen LogP contribution is -2.46. The van der Waals surface area contributed by atoms with Crippen LogP contribution in [0.2, 0.25) is 0 Å². The fraction of sp³-hybridized carbons (Fsp3) is 0.222. The molecule has 0 aliphatic rings. The number of benzene rings is 2. The number of amides is 2. The van der Waals surface area contributed by atoms with Gasteiger partial charge in [-0.3, -0.25) is 9.59 Å². The lowest BCUT2D eigenvalue weighted by atomic mass is 10.0. The van der Waals surface area contributed by atoms with Crippen molar-refractivity contribution in [2.45, 2.75) is 17.5 Å². The van der Waals surface area contributed by atoms with E-state index in [0.717, 1.165) is 6.07 Å². The van der Waals surface area contributed by atoms with Crippen molar-refractivity contribution in [2.75, 3.05) is 18.6 Å². The molecule has 0 aliphatic carbocycles. The summed E-state index contributed by atoms with van der Waals surface area (Å²) in [4.78, 5) is 23.7. The molecule has 0 saturated heterocycles. The van der Waals surface area contributed by atoms with Crippen LogP contribution in [-0.2, 0) is 23.4 Å². The van der Waals surface area contributed by atoms with Crippen LogP contribution in [0.15, 0.2) is 53.4 Å². The van der Waals surface area contributed by atoms with E-state index in [1.165, 1.54) is 31.4 Å². The summed E-state index contributed by atoms with van der Waals surface area (Å²) < 4.78 is 68.6. The highest BCUT2D eigenvalue weighted by Gasteiger charge is 2.47. The number of imide groups is 1. The Balaban J connectivity index is 2.86. The normalized spacial score (nSPS) is 11.9. The third kappa shape index (κ3) is 5.34. The van der Waals surface area contributed by atoms with E-state index in [9.17, 15) is 31.2 Å². The maximum absolute atomic E-state index is 13.3. The lowest BCUT2D eigenvalue weighted by Gasteiger charge is -2.26. The lowest BCUT2D eigenvalue weighted by molar-refractivity contribution is -0.171. The number of alkyl halides is 3. The number of anilines is 1. The van der Waals surface area contributed by atoms with E-state index in [1.54, 1.807) is 18.2 Å². The van der Waals surface area contributed by atoms with Gasteiger partial charge in [-0.2, -0.15) is 13.2 Å². The molecule has 0 bridgehead atoms. The number of para-hydroxylation sites is 1. The monoisotopic (exact) mass is 449 g/mol. The molecular weight excluding hydrogens is 435 g/mol. The van der Waals surface area contributed by atoms with Gasteiger partial charge in [-0.15, -0.1) is 0 Å². The van der Waals surface area contributed by atoms with E-state index < -0.39 is 44.0 Å². The fourth-order valence-corrected chi connectivity index (χ4v) is 3.61. The molecule has 29 heavy (non-hydrogen) atoms. The SMILES string of the molecule is COCCC(=O)N(C(=O)C(F)(F)F)c1c(-c2ccccc2)cccc1S(=O)(=O)Cl. The van der Waals surface area contributed by atoms with Crippen LogP contribution in [0.4, 0.5) is 18.9 Å². The summed E-state index contributed by atoms with van der Waals surface area (Å²) >= 11 is 0. The van der Waals surface area contributed by atoms with E-state index >= 15 is 0 Å². The van der Waals surface area contributed by atoms with Crippen LogP contribution >= 0.6 is 10.7 Å². The van der Waals surface area contributed by atoms with Crippen molar-refractivity contribution in [3.8, 4) is 11.1 Å². The number of methoxy groups -OCH3 is 1. The molecule has 11 heteroatoms. The molecule has 0 aromatic heterocycles. The van der Waals surface area contributed by atoms with Gasteiger partial charge in [0.25, 0.3) is 9.05 Å². The second-order valence-corrected chi connectivity index (χ2v) is 8.27. The van der Waals surface area contributed by atoms with Crippen molar-refractivity contribution < 1.29 is 35.9 Å². The molecule has 0 heterocycles. The zero-order valence-corrected chi connectivity index (χ0v) is 16.5. The number of carbonyl (C=O) groups excluding carboxylic acids is 2. The van der Waals surface area contributed by atoms with Gasteiger partial charge < -0.3 is 4.74 Å². The van der Waals surface area contributed by atoms with Gasteiger partial charge in [0.1, 0.15) is 4.90 Å². The van der Waals surface area contributed by atoms with E-state index in [1.807, 2.05) is 0 Å². The Kier molecular flexibility index (Phi) is 7.04. The van der Waals surface area contributed by atoms with Crippen molar-refractivity contribution in [2.24, 2.45) is 0 Å². The summed E-state index contributed by atoms with van der Waals surface area (Å²) in [6.45, 7) is -0.281. The standard InChI is InChI=1S/C18H15ClF3NO5S/c1-28-11-10-15(24)23(17(25)18(20,21)22)16-13(12-6-3-2-4-7-12)8-5-9-14(16)29(19,26)27/h2-9H,10-11H2,1H3. The van der Waals surface area contributed by atoms with Crippen LogP contribution in [-0.4, -0.2) is 40.1 Å². The summed E-state index contributed by atoms with van der Waals surface area (Å²) in [7, 11) is 2.02. The number of ether oxygens (including phenoxy) is 1. The Hall–Kier alpha value is -2.43. The van der Waals surface area contributed by atoms with Crippen LogP contribution in [0.5, 0.6) is 0 Å². The second-order valence-electron chi connectivity index (χ2n) is 5.73. The van der Waals surface area contributed by atoms with Crippen molar-refractivity contribution in [3.63, 3.8) is 0 Å². The van der Waals surface area contributed by atoms with E-state index in [-0.39, 0.29) is 22.6 Å². The quantitative estimate of drug-likeness (QED) is 0.627. The predicted octanol–water partition coefficient (Wildman–Crippen LogP) is 3.74. The maximum Gasteiger partial charge on any atom is 0.472 e. The first kappa shape index (κ1) is 22.9. The first-order chi connectivity index (χ1) is 13.5. The summed E-state index contributed by atoms with van der Waals surface area (Å²) in [6.07, 6.45) is -6.04. The first-order valence-electron chi connectivity index (χ1n) is 8.04. The van der Waals surface area contributed by atoms with Gasteiger partial charge in [0.05, 0.1) is 18.7 Å². The summed E-state index contributed by atoms with van der Waals surface area (Å²) in [5.41, 5.74) is -0.572. The number of halogens is 4. The van der Waals surface area contributed by atoms with Gasteiger partial charge in [-0.25, -0.2) is 13.3 Å². The van der Waals surface area contributed by atoms with Crippen molar-refractivity contribution in [1.82, 2.24) is 0 Å². The Morgan fingerprint density at radius 3 is 2.21 bits per heavy atom. The molecule has 2 rings (SSSR count). The minimum absolute atomic E-state index is 0.0873. The van der Waals surface area contributed by atoms with Crippen molar-refractivity contribution >= 4 is 37.2 Å². The molecule has 0 N–H and O–H groups in total. The van der Waals surface area contributed by atoms with Crippen molar-refractivity contribution in [1.29, 1.82) is 0 Å². The molecule has 0 radical (unpaired) electrons. The predicted molar refractivity (Wildman–Crippen MR) is 100.0 cm³/mol. The summed E-state index contributed by atoms with van der Waals surface area (Å²) in [5, 5.41) is 0. The molecule has 2 amide bonds. The van der Waals surface area contributed by atoms with Gasteiger partial charge in [0, 0.05) is 23.4 Å². The highest BCUT2D eigenvalue weighted by atomic mass is 35.7. The molecule has 0 aliphatic heterocycles. The van der Waals surface area contributed by atoms with Gasteiger partial charge in [-0.05, 0) is 11.6 Å². The smallest absolute Gasteiger partial charge is 0.384 e. The number of carbonyl (C=O) groups is 2. The number of hydrogen-bond donors (Lipinski definition) is 0. The number of nitrogens with zero attached hydrogens (tertiary/aromatic N) is 1. The highest BCUT2D eigenvalue weighted by Crippen LogP contribution is 2.39. The van der Waals surface area contributed by atoms with Gasteiger partial charge in [0.2, 0.25) is 5.91 Å².